The van der Waals surface area contributed by atoms with Crippen molar-refractivity contribution in [1.29, 1.82) is 0 Å². The van der Waals surface area contributed by atoms with Gasteiger partial charge in [0.15, 0.2) is 0 Å². The van der Waals surface area contributed by atoms with Crippen LogP contribution in [0, 0.1) is 0 Å². The Balaban J connectivity index is 1.51. The van der Waals surface area contributed by atoms with E-state index < -0.39 is 11.7 Å². The van der Waals surface area contributed by atoms with Crippen LogP contribution >= 0.6 is 23.2 Å². The molecule has 2 aromatic rings. The smallest absolute Gasteiger partial charge is 0.353 e. The number of anilines is 1. The molecule has 0 aliphatic carbocycles. The first-order chi connectivity index (χ1) is 14.1. The molecule has 0 saturated carbocycles. The van der Waals surface area contributed by atoms with Crippen molar-refractivity contribution >= 4 is 34.9 Å². The summed E-state index contributed by atoms with van der Waals surface area (Å²) in [4.78, 5) is 20.1. The van der Waals surface area contributed by atoms with Gasteiger partial charge in [-0.25, -0.2) is 4.98 Å². The van der Waals surface area contributed by atoms with Gasteiger partial charge in [0, 0.05) is 37.4 Å². The summed E-state index contributed by atoms with van der Waals surface area (Å²) in [6.45, 7) is 4.30. The highest BCUT2D eigenvalue weighted by Gasteiger charge is 2.32. The van der Waals surface area contributed by atoms with Crippen molar-refractivity contribution in [2.45, 2.75) is 19.1 Å². The molecule has 1 aliphatic rings. The molecule has 1 N–H and O–H groups in total. The van der Waals surface area contributed by atoms with E-state index in [0.29, 0.717) is 37.0 Å². The van der Waals surface area contributed by atoms with Gasteiger partial charge in [-0.1, -0.05) is 35.3 Å². The first kappa shape index (κ1) is 22.7. The van der Waals surface area contributed by atoms with Crippen LogP contribution in [-0.4, -0.2) is 48.5 Å². The molecule has 1 fully saturated rings. The molecule has 10 heteroatoms. The van der Waals surface area contributed by atoms with Crippen LogP contribution < -0.4 is 10.2 Å². The van der Waals surface area contributed by atoms with Crippen LogP contribution in [0.15, 0.2) is 36.5 Å². The molecule has 1 aromatic carbocycles. The third kappa shape index (κ3) is 5.77. The maximum atomic E-state index is 12.8. The topological polar surface area (TPSA) is 48.5 Å². The summed E-state index contributed by atoms with van der Waals surface area (Å²) in [6, 6.07) is 8.03. The number of alkyl halides is 3. The molecule has 1 aliphatic heterocycles. The molecule has 30 heavy (non-hydrogen) atoms. The zero-order valence-corrected chi connectivity index (χ0v) is 17.7. The lowest BCUT2D eigenvalue weighted by Crippen LogP contribution is -2.50. The lowest BCUT2D eigenvalue weighted by atomic mass is 10.1. The Labute approximate surface area is 182 Å². The van der Waals surface area contributed by atoms with Crippen LogP contribution in [-0.2, 0) is 11.0 Å². The fourth-order valence-electron chi connectivity index (χ4n) is 3.26. The number of halogens is 5. The fourth-order valence-corrected chi connectivity index (χ4v) is 3.67. The molecule has 2 heterocycles. The number of benzene rings is 1. The highest BCUT2D eigenvalue weighted by molar-refractivity contribution is 6.33. The van der Waals surface area contributed by atoms with E-state index >= 15 is 0 Å². The lowest BCUT2D eigenvalue weighted by Gasteiger charge is -2.35. The molecule has 1 atom stereocenters. The van der Waals surface area contributed by atoms with Crippen molar-refractivity contribution in [2.24, 2.45) is 0 Å². The molecule has 0 radical (unpaired) electrons. The second kappa shape index (κ2) is 9.41. The summed E-state index contributed by atoms with van der Waals surface area (Å²) in [5, 5.41) is 3.56. The summed E-state index contributed by atoms with van der Waals surface area (Å²) in [6.07, 6.45) is -3.69. The van der Waals surface area contributed by atoms with E-state index in [0.717, 1.165) is 17.8 Å². The Hall–Kier alpha value is -2.03. The molecule has 0 spiro atoms. The number of nitrogens with zero attached hydrogens (tertiary/aromatic N) is 3. The zero-order chi connectivity index (χ0) is 21.9. The number of nitrogens with one attached hydrogen (secondary N) is 1. The number of carbonyl (C=O) groups excluding carboxylic acids is 1. The maximum Gasteiger partial charge on any atom is 0.417 e. The Kier molecular flexibility index (Phi) is 7.10. The van der Waals surface area contributed by atoms with Crippen LogP contribution in [0.4, 0.5) is 19.0 Å². The molecule has 1 amide bonds. The van der Waals surface area contributed by atoms with Gasteiger partial charge in [0.05, 0.1) is 23.2 Å². The van der Waals surface area contributed by atoms with E-state index in [2.05, 4.69) is 10.3 Å². The van der Waals surface area contributed by atoms with Crippen molar-refractivity contribution in [3.63, 3.8) is 0 Å². The van der Waals surface area contributed by atoms with Gasteiger partial charge in [-0.15, -0.1) is 0 Å². The summed E-state index contributed by atoms with van der Waals surface area (Å²) in [5.41, 5.74) is 0.0851. The van der Waals surface area contributed by atoms with Crippen molar-refractivity contribution in [3.05, 3.63) is 57.7 Å². The third-order valence-corrected chi connectivity index (χ3v) is 5.47. The molecular weight excluding hydrogens is 440 g/mol. The predicted octanol–water partition coefficient (Wildman–Crippen LogP) is 4.41. The van der Waals surface area contributed by atoms with E-state index in [1.807, 2.05) is 28.9 Å². The van der Waals surface area contributed by atoms with Gasteiger partial charge in [0.1, 0.15) is 5.82 Å². The van der Waals surface area contributed by atoms with Crippen LogP contribution in [0.1, 0.15) is 24.1 Å². The van der Waals surface area contributed by atoms with Crippen molar-refractivity contribution in [1.82, 2.24) is 15.2 Å². The van der Waals surface area contributed by atoms with E-state index in [1.54, 1.807) is 12.1 Å². The Morgan fingerprint density at radius 3 is 2.37 bits per heavy atom. The van der Waals surface area contributed by atoms with Gasteiger partial charge < -0.3 is 10.2 Å². The van der Waals surface area contributed by atoms with Crippen molar-refractivity contribution in [2.75, 3.05) is 37.6 Å². The van der Waals surface area contributed by atoms with Gasteiger partial charge in [0.2, 0.25) is 5.91 Å². The minimum absolute atomic E-state index is 0.0344. The van der Waals surface area contributed by atoms with Gasteiger partial charge in [0.25, 0.3) is 0 Å². The van der Waals surface area contributed by atoms with E-state index in [-0.39, 0.29) is 23.5 Å². The number of pyridine rings is 1. The minimum Gasteiger partial charge on any atom is -0.353 e. The lowest BCUT2D eigenvalue weighted by molar-refractivity contribution is -0.137. The number of piperazine rings is 1. The van der Waals surface area contributed by atoms with Gasteiger partial charge in [-0.2, -0.15) is 13.2 Å². The number of carbonyl (C=O) groups is 1. The largest absolute Gasteiger partial charge is 0.417 e. The molecule has 5 nitrogen and oxygen atoms in total. The summed E-state index contributed by atoms with van der Waals surface area (Å²) in [7, 11) is 0. The summed E-state index contributed by atoms with van der Waals surface area (Å²) in [5.74, 6) is 0.224. The first-order valence-corrected chi connectivity index (χ1v) is 10.1. The predicted molar refractivity (Wildman–Crippen MR) is 111 cm³/mol. The molecule has 1 aromatic heterocycles. The zero-order valence-electron chi connectivity index (χ0n) is 16.2. The second-order valence-electron chi connectivity index (χ2n) is 7.13. The fraction of sp³-hybridized carbons (Fsp3) is 0.400. The van der Waals surface area contributed by atoms with Crippen LogP contribution in [0.5, 0.6) is 0 Å². The molecule has 0 bridgehead atoms. The summed E-state index contributed by atoms with van der Waals surface area (Å²) < 4.78 is 38.3. The first-order valence-electron chi connectivity index (χ1n) is 9.38. The molecule has 162 valence electrons. The monoisotopic (exact) mass is 460 g/mol. The number of rotatable bonds is 5. The Morgan fingerprint density at radius 1 is 1.17 bits per heavy atom. The maximum absolute atomic E-state index is 12.8. The number of amides is 1. The minimum atomic E-state index is -4.48. The average molecular weight is 461 g/mol. The molecule has 1 unspecified atom stereocenters. The normalized spacial score (nSPS) is 16.4. The quantitative estimate of drug-likeness (QED) is 0.717. The van der Waals surface area contributed by atoms with Crippen molar-refractivity contribution < 1.29 is 18.0 Å². The van der Waals surface area contributed by atoms with E-state index in [9.17, 15) is 18.0 Å². The highest BCUT2D eigenvalue weighted by atomic mass is 35.5. The molecule has 3 rings (SSSR count). The Morgan fingerprint density at radius 2 is 1.80 bits per heavy atom. The van der Waals surface area contributed by atoms with E-state index in [4.69, 9.17) is 23.2 Å². The molecule has 1 saturated heterocycles. The van der Waals surface area contributed by atoms with Crippen LogP contribution in [0.2, 0.25) is 10.0 Å². The third-order valence-electron chi connectivity index (χ3n) is 4.94. The van der Waals surface area contributed by atoms with Crippen LogP contribution in [0.25, 0.3) is 0 Å². The van der Waals surface area contributed by atoms with Crippen LogP contribution in [0.3, 0.4) is 0 Å². The molecular formula is C20H21Cl2F3N4O. The standard InChI is InChI=1S/C20H21Cl2F3N4O/c1-13(14-2-4-16(21)5-3-14)27-18(30)12-28-6-8-29(9-7-28)19-17(22)10-15(11-26-19)20(23,24)25/h2-5,10-11,13H,6-9,12H2,1H3,(H,27,30). The number of hydrogen-bond donors (Lipinski definition) is 1. The van der Waals surface area contributed by atoms with E-state index in [1.165, 1.54) is 0 Å². The highest BCUT2D eigenvalue weighted by Crippen LogP contribution is 2.33. The van der Waals surface area contributed by atoms with Crippen molar-refractivity contribution in [3.8, 4) is 0 Å². The number of aromatic nitrogens is 1. The Bertz CT molecular complexity index is 885. The van der Waals surface area contributed by atoms with Gasteiger partial charge >= 0.3 is 6.18 Å². The van der Waals surface area contributed by atoms with Gasteiger partial charge in [-0.05, 0) is 30.7 Å². The average Bonchev–Trinajstić information content (AvgIpc) is 2.68. The SMILES string of the molecule is CC(NC(=O)CN1CCN(c2ncc(C(F)(F)F)cc2Cl)CC1)c1ccc(Cl)cc1. The second-order valence-corrected chi connectivity index (χ2v) is 7.97. The summed E-state index contributed by atoms with van der Waals surface area (Å²) >= 11 is 11.9. The van der Waals surface area contributed by atoms with Gasteiger partial charge in [-0.3, -0.25) is 9.69 Å². The number of hydrogen-bond acceptors (Lipinski definition) is 4.